The van der Waals surface area contributed by atoms with E-state index in [1.54, 1.807) is 20.3 Å². The number of methoxy groups -OCH3 is 1. The number of esters is 1. The predicted octanol–water partition coefficient (Wildman–Crippen LogP) is 4.98. The molecule has 0 saturated carbocycles. The third kappa shape index (κ3) is 3.94. The van der Waals surface area contributed by atoms with Crippen molar-refractivity contribution in [1.29, 1.82) is 0 Å². The Hall–Kier alpha value is -2.80. The maximum atomic E-state index is 13.4. The van der Waals surface area contributed by atoms with Crippen molar-refractivity contribution >= 4 is 27.7 Å². The first-order valence-electron chi connectivity index (χ1n) is 10.2. The number of furan rings is 1. The van der Waals surface area contributed by atoms with Crippen LogP contribution in [0.2, 0.25) is 0 Å². The Morgan fingerprint density at radius 1 is 1.29 bits per heavy atom. The lowest BCUT2D eigenvalue weighted by atomic mass is 9.72. The van der Waals surface area contributed by atoms with Crippen LogP contribution in [-0.2, 0) is 14.3 Å². The molecule has 4 rings (SSSR count). The Kier molecular flexibility index (Phi) is 6.05. The minimum absolute atomic E-state index is 0.00129. The lowest BCUT2D eigenvalue weighted by Gasteiger charge is -2.36. The number of ether oxygens (including phenoxy) is 2. The molecule has 1 aromatic carbocycles. The molecule has 0 amide bonds. The first-order valence-corrected chi connectivity index (χ1v) is 11.0. The van der Waals surface area contributed by atoms with E-state index in [0.717, 1.165) is 21.5 Å². The Labute approximate surface area is 189 Å². The molecule has 2 heterocycles. The minimum Gasteiger partial charge on any atom is -0.496 e. The number of benzene rings is 1. The van der Waals surface area contributed by atoms with Crippen molar-refractivity contribution in [2.24, 2.45) is 0 Å². The lowest BCUT2D eigenvalue weighted by Crippen LogP contribution is -2.36. The molecule has 162 valence electrons. The van der Waals surface area contributed by atoms with Crippen LogP contribution in [0.25, 0.3) is 0 Å². The molecule has 1 aliphatic heterocycles. The van der Waals surface area contributed by atoms with Gasteiger partial charge in [0.1, 0.15) is 11.5 Å². The van der Waals surface area contributed by atoms with Crippen molar-refractivity contribution in [1.82, 2.24) is 5.32 Å². The molecule has 6 nitrogen and oxygen atoms in total. The SMILES string of the molecule is CCOC(=O)C1=C(C)NC2=C(C(=O)C[C@@H](c3ccco3)C2)[C@H]1c1ccc(OC)c(Br)c1. The Bertz CT molecular complexity index is 1080. The Morgan fingerprint density at radius 2 is 2.10 bits per heavy atom. The van der Waals surface area contributed by atoms with Gasteiger partial charge in [0.25, 0.3) is 0 Å². The van der Waals surface area contributed by atoms with Crippen LogP contribution < -0.4 is 10.1 Å². The molecule has 1 aliphatic carbocycles. The van der Waals surface area contributed by atoms with Crippen molar-refractivity contribution in [3.8, 4) is 5.75 Å². The number of hydrogen-bond acceptors (Lipinski definition) is 6. The molecular weight excluding hydrogens is 462 g/mol. The smallest absolute Gasteiger partial charge is 0.336 e. The van der Waals surface area contributed by atoms with Gasteiger partial charge in [-0.3, -0.25) is 4.79 Å². The van der Waals surface area contributed by atoms with E-state index >= 15 is 0 Å². The van der Waals surface area contributed by atoms with Crippen LogP contribution in [0.4, 0.5) is 0 Å². The van der Waals surface area contributed by atoms with E-state index in [4.69, 9.17) is 13.9 Å². The van der Waals surface area contributed by atoms with Crippen LogP contribution in [-0.4, -0.2) is 25.5 Å². The zero-order valence-electron chi connectivity index (χ0n) is 17.7. The lowest BCUT2D eigenvalue weighted by molar-refractivity contribution is -0.138. The fourth-order valence-electron chi connectivity index (χ4n) is 4.44. The quantitative estimate of drug-likeness (QED) is 0.602. The van der Waals surface area contributed by atoms with E-state index in [9.17, 15) is 9.59 Å². The average Bonchev–Trinajstić information content (AvgIpc) is 3.27. The van der Waals surface area contributed by atoms with Gasteiger partial charge in [-0.05, 0) is 66.0 Å². The summed E-state index contributed by atoms with van der Waals surface area (Å²) in [7, 11) is 1.60. The molecule has 1 N–H and O–H groups in total. The molecule has 1 aromatic heterocycles. The van der Waals surface area contributed by atoms with E-state index in [2.05, 4.69) is 21.2 Å². The number of halogens is 1. The van der Waals surface area contributed by atoms with Crippen LogP contribution in [0.15, 0.2) is 68.0 Å². The van der Waals surface area contributed by atoms with Crippen LogP contribution in [0.1, 0.15) is 49.8 Å². The third-order valence-corrected chi connectivity index (χ3v) is 6.40. The van der Waals surface area contributed by atoms with Gasteiger partial charge in [-0.15, -0.1) is 0 Å². The fraction of sp³-hybridized carbons (Fsp3) is 0.333. The fourth-order valence-corrected chi connectivity index (χ4v) is 5.00. The molecule has 0 spiro atoms. The monoisotopic (exact) mass is 485 g/mol. The Balaban J connectivity index is 1.83. The van der Waals surface area contributed by atoms with E-state index in [1.165, 1.54) is 0 Å². The normalized spacial score (nSPS) is 21.0. The highest BCUT2D eigenvalue weighted by molar-refractivity contribution is 9.10. The third-order valence-electron chi connectivity index (χ3n) is 5.78. The summed E-state index contributed by atoms with van der Waals surface area (Å²) in [4.78, 5) is 26.3. The largest absolute Gasteiger partial charge is 0.496 e. The summed E-state index contributed by atoms with van der Waals surface area (Å²) in [6.45, 7) is 3.88. The highest BCUT2D eigenvalue weighted by Crippen LogP contribution is 2.46. The van der Waals surface area contributed by atoms with Gasteiger partial charge >= 0.3 is 5.97 Å². The molecule has 2 atom stereocenters. The summed E-state index contributed by atoms with van der Waals surface area (Å²) in [6.07, 6.45) is 2.59. The molecule has 31 heavy (non-hydrogen) atoms. The minimum atomic E-state index is -0.512. The van der Waals surface area contributed by atoms with Gasteiger partial charge in [0, 0.05) is 35.2 Å². The number of ketones is 1. The van der Waals surface area contributed by atoms with Crippen LogP contribution >= 0.6 is 15.9 Å². The number of dihydropyridines is 1. The van der Waals surface area contributed by atoms with Crippen molar-refractivity contribution in [3.63, 3.8) is 0 Å². The van der Waals surface area contributed by atoms with Gasteiger partial charge in [-0.25, -0.2) is 4.79 Å². The van der Waals surface area contributed by atoms with Gasteiger partial charge < -0.3 is 19.2 Å². The van der Waals surface area contributed by atoms with Gasteiger partial charge in [0.15, 0.2) is 5.78 Å². The number of Topliss-reactive ketones (excluding diaryl/α,β-unsaturated/α-hetero) is 1. The van der Waals surface area contributed by atoms with Crippen molar-refractivity contribution < 1.29 is 23.5 Å². The first kappa shape index (κ1) is 21.4. The maximum Gasteiger partial charge on any atom is 0.336 e. The standard InChI is InChI=1S/C24H24BrNO5/c1-4-30-24(28)21-13(2)26-17-11-15(19-6-5-9-31-19)12-18(27)23(17)22(21)14-7-8-20(29-3)16(25)10-14/h5-10,15,22,26H,4,11-12H2,1-3H3/t15-,22-/m0/s1. The predicted molar refractivity (Wildman–Crippen MR) is 119 cm³/mol. The first-order chi connectivity index (χ1) is 14.9. The van der Waals surface area contributed by atoms with Gasteiger partial charge in [-0.2, -0.15) is 0 Å². The van der Waals surface area contributed by atoms with Gasteiger partial charge in [0.05, 0.1) is 30.0 Å². The summed E-state index contributed by atoms with van der Waals surface area (Å²) >= 11 is 3.53. The maximum absolute atomic E-state index is 13.4. The number of hydrogen-bond donors (Lipinski definition) is 1. The summed E-state index contributed by atoms with van der Waals surface area (Å²) in [5.41, 5.74) is 3.44. The molecule has 0 fully saturated rings. The van der Waals surface area contributed by atoms with Crippen LogP contribution in [0.3, 0.4) is 0 Å². The molecule has 2 aliphatic rings. The van der Waals surface area contributed by atoms with E-state index in [0.29, 0.717) is 35.4 Å². The average molecular weight is 486 g/mol. The molecule has 7 heteroatoms. The molecule has 0 radical (unpaired) electrons. The van der Waals surface area contributed by atoms with Gasteiger partial charge in [0.2, 0.25) is 0 Å². The highest BCUT2D eigenvalue weighted by atomic mass is 79.9. The molecule has 2 aromatic rings. The summed E-state index contributed by atoms with van der Waals surface area (Å²) in [6, 6.07) is 9.36. The van der Waals surface area contributed by atoms with Crippen molar-refractivity contribution in [3.05, 3.63) is 74.9 Å². The molecule has 0 bridgehead atoms. The highest BCUT2D eigenvalue weighted by Gasteiger charge is 2.42. The van der Waals surface area contributed by atoms with E-state index < -0.39 is 11.9 Å². The second kappa shape index (κ2) is 8.75. The summed E-state index contributed by atoms with van der Waals surface area (Å²) < 4.78 is 17.0. The summed E-state index contributed by atoms with van der Waals surface area (Å²) in [5, 5.41) is 3.33. The zero-order valence-corrected chi connectivity index (χ0v) is 19.2. The van der Waals surface area contributed by atoms with E-state index in [1.807, 2.05) is 37.3 Å². The Morgan fingerprint density at radius 3 is 2.74 bits per heavy atom. The number of carbonyl (C=O) groups is 2. The molecule has 0 saturated heterocycles. The number of allylic oxidation sites excluding steroid dienone is 3. The summed E-state index contributed by atoms with van der Waals surface area (Å²) in [5.74, 6) is 0.510. The van der Waals surface area contributed by atoms with Crippen molar-refractivity contribution in [2.75, 3.05) is 13.7 Å². The number of rotatable bonds is 5. The topological polar surface area (TPSA) is 77.8 Å². The van der Waals surface area contributed by atoms with Crippen molar-refractivity contribution in [2.45, 2.75) is 38.5 Å². The van der Waals surface area contributed by atoms with E-state index in [-0.39, 0.29) is 18.3 Å². The second-order valence-corrected chi connectivity index (χ2v) is 8.50. The molecular formula is C24H24BrNO5. The molecule has 0 unspecified atom stereocenters. The number of carbonyl (C=O) groups excluding carboxylic acids is 2. The second-order valence-electron chi connectivity index (χ2n) is 7.65. The van der Waals surface area contributed by atoms with Crippen LogP contribution in [0.5, 0.6) is 5.75 Å². The van der Waals surface area contributed by atoms with Crippen LogP contribution in [0, 0.1) is 0 Å². The zero-order chi connectivity index (χ0) is 22.1. The van der Waals surface area contributed by atoms with Gasteiger partial charge in [-0.1, -0.05) is 6.07 Å². The number of nitrogens with one attached hydrogen (secondary N) is 1.